The van der Waals surface area contributed by atoms with Gasteiger partial charge in [0.05, 0.1) is 12.0 Å². The maximum Gasteiger partial charge on any atom is 0.348 e. The molecule has 3 rings (SSSR count). The third kappa shape index (κ3) is 3.03. The van der Waals surface area contributed by atoms with E-state index in [9.17, 15) is 4.79 Å². The number of anilines is 2. The maximum atomic E-state index is 12.1. The molecule has 3 aromatic rings. The summed E-state index contributed by atoms with van der Waals surface area (Å²) in [7, 11) is 0. The third-order valence-corrected chi connectivity index (χ3v) is 4.68. The van der Waals surface area contributed by atoms with Crippen molar-refractivity contribution in [3.63, 3.8) is 0 Å². The van der Waals surface area contributed by atoms with E-state index >= 15 is 0 Å². The predicted molar refractivity (Wildman–Crippen MR) is 92.6 cm³/mol. The molecule has 0 bridgehead atoms. The van der Waals surface area contributed by atoms with Crippen molar-refractivity contribution in [2.24, 2.45) is 0 Å². The van der Waals surface area contributed by atoms with E-state index in [1.165, 1.54) is 23.2 Å². The fraction of sp³-hybridized carbons (Fsp3) is 0.235. The zero-order valence-corrected chi connectivity index (χ0v) is 14.0. The van der Waals surface area contributed by atoms with Gasteiger partial charge in [-0.05, 0) is 38.5 Å². The summed E-state index contributed by atoms with van der Waals surface area (Å²) < 4.78 is 5.11. The lowest BCUT2D eigenvalue weighted by atomic mass is 10.2. The molecule has 1 aromatic carbocycles. The summed E-state index contributed by atoms with van der Waals surface area (Å²) >= 11 is 1.33. The summed E-state index contributed by atoms with van der Waals surface area (Å²) in [6.07, 6.45) is 1.50. The van der Waals surface area contributed by atoms with Gasteiger partial charge in [0, 0.05) is 5.69 Å². The first kappa shape index (κ1) is 15.4. The Morgan fingerprint density at radius 2 is 1.96 bits per heavy atom. The van der Waals surface area contributed by atoms with Gasteiger partial charge in [0.25, 0.3) is 0 Å². The molecule has 0 saturated heterocycles. The second kappa shape index (κ2) is 6.34. The van der Waals surface area contributed by atoms with Gasteiger partial charge in [-0.25, -0.2) is 14.8 Å². The third-order valence-electron chi connectivity index (χ3n) is 3.50. The summed E-state index contributed by atoms with van der Waals surface area (Å²) in [5.41, 5.74) is 2.98. The Hall–Kier alpha value is -2.47. The zero-order chi connectivity index (χ0) is 16.4. The van der Waals surface area contributed by atoms with Crippen molar-refractivity contribution < 1.29 is 9.53 Å². The van der Waals surface area contributed by atoms with Crippen LogP contribution >= 0.6 is 11.3 Å². The number of benzene rings is 1. The first-order valence-corrected chi connectivity index (χ1v) is 8.16. The van der Waals surface area contributed by atoms with Crippen LogP contribution in [0.1, 0.15) is 27.7 Å². The molecule has 118 valence electrons. The summed E-state index contributed by atoms with van der Waals surface area (Å²) in [6, 6.07) is 8.06. The molecule has 2 heterocycles. The van der Waals surface area contributed by atoms with Crippen molar-refractivity contribution in [1.82, 2.24) is 9.97 Å². The number of carbonyl (C=O) groups is 1. The van der Waals surface area contributed by atoms with Crippen LogP contribution in [0, 0.1) is 13.8 Å². The molecule has 1 N–H and O–H groups in total. The average molecular weight is 327 g/mol. The highest BCUT2D eigenvalue weighted by atomic mass is 32.1. The SMILES string of the molecule is CCOC(=O)c1sc2ncnc(Nc3ccc(C)cc3)c2c1C. The number of nitrogens with one attached hydrogen (secondary N) is 1. The molecule has 0 spiro atoms. The van der Waals surface area contributed by atoms with E-state index in [0.29, 0.717) is 17.3 Å². The smallest absolute Gasteiger partial charge is 0.348 e. The van der Waals surface area contributed by atoms with Gasteiger partial charge >= 0.3 is 5.97 Å². The number of aryl methyl sites for hydroxylation is 2. The lowest BCUT2D eigenvalue weighted by Crippen LogP contribution is -2.03. The monoisotopic (exact) mass is 327 g/mol. The zero-order valence-electron chi connectivity index (χ0n) is 13.2. The number of hydrogen-bond acceptors (Lipinski definition) is 6. The molecule has 0 atom stereocenters. The molecule has 0 unspecified atom stereocenters. The van der Waals surface area contributed by atoms with E-state index in [1.807, 2.05) is 38.1 Å². The van der Waals surface area contributed by atoms with Gasteiger partial charge in [-0.2, -0.15) is 0 Å². The highest BCUT2D eigenvalue weighted by molar-refractivity contribution is 7.20. The molecule has 2 aromatic heterocycles. The average Bonchev–Trinajstić information content (AvgIpc) is 2.88. The number of fused-ring (bicyclic) bond motifs is 1. The van der Waals surface area contributed by atoms with Crippen LogP contribution in [0.2, 0.25) is 0 Å². The number of aromatic nitrogens is 2. The summed E-state index contributed by atoms with van der Waals surface area (Å²) in [4.78, 5) is 22.0. The molecule has 0 aliphatic carbocycles. The molecule has 6 heteroatoms. The topological polar surface area (TPSA) is 64.1 Å². The predicted octanol–water partition coefficient (Wildman–Crippen LogP) is 4.23. The Bertz CT molecular complexity index is 856. The van der Waals surface area contributed by atoms with Crippen LogP contribution in [-0.2, 0) is 4.74 Å². The molecule has 23 heavy (non-hydrogen) atoms. The summed E-state index contributed by atoms with van der Waals surface area (Å²) in [6.45, 7) is 6.09. The number of hydrogen-bond donors (Lipinski definition) is 1. The van der Waals surface area contributed by atoms with Crippen molar-refractivity contribution in [1.29, 1.82) is 0 Å². The van der Waals surface area contributed by atoms with Gasteiger partial charge in [-0.15, -0.1) is 11.3 Å². The van der Waals surface area contributed by atoms with Crippen LogP contribution in [0.3, 0.4) is 0 Å². The maximum absolute atomic E-state index is 12.1. The molecular weight excluding hydrogens is 310 g/mol. The Kier molecular flexibility index (Phi) is 4.25. The number of rotatable bonds is 4. The first-order valence-electron chi connectivity index (χ1n) is 7.35. The quantitative estimate of drug-likeness (QED) is 0.727. The molecule has 0 aliphatic rings. The van der Waals surface area contributed by atoms with E-state index in [0.717, 1.165) is 21.5 Å². The van der Waals surface area contributed by atoms with Crippen LogP contribution in [0.25, 0.3) is 10.2 Å². The van der Waals surface area contributed by atoms with Crippen molar-refractivity contribution in [2.45, 2.75) is 20.8 Å². The lowest BCUT2D eigenvalue weighted by Gasteiger charge is -2.07. The van der Waals surface area contributed by atoms with Gasteiger partial charge in [-0.1, -0.05) is 17.7 Å². The fourth-order valence-corrected chi connectivity index (χ4v) is 3.37. The van der Waals surface area contributed by atoms with Crippen LogP contribution in [0.15, 0.2) is 30.6 Å². The minimum absolute atomic E-state index is 0.311. The van der Waals surface area contributed by atoms with Gasteiger partial charge in [0.15, 0.2) is 0 Å². The number of nitrogens with zero attached hydrogens (tertiary/aromatic N) is 2. The van der Waals surface area contributed by atoms with Gasteiger partial charge < -0.3 is 10.1 Å². The molecule has 0 saturated carbocycles. The highest BCUT2D eigenvalue weighted by Crippen LogP contribution is 2.34. The van der Waals surface area contributed by atoms with Crippen LogP contribution in [0.4, 0.5) is 11.5 Å². The number of thiophene rings is 1. The lowest BCUT2D eigenvalue weighted by molar-refractivity contribution is 0.0531. The minimum Gasteiger partial charge on any atom is -0.462 e. The molecular formula is C17H17N3O2S. The minimum atomic E-state index is -0.311. The summed E-state index contributed by atoms with van der Waals surface area (Å²) in [5, 5.41) is 4.16. The van der Waals surface area contributed by atoms with Gasteiger partial charge in [-0.3, -0.25) is 0 Å². The number of carbonyl (C=O) groups excluding carboxylic acids is 1. The second-order valence-corrected chi connectivity index (χ2v) is 6.17. The Morgan fingerprint density at radius 3 is 2.65 bits per heavy atom. The van der Waals surface area contributed by atoms with Crippen molar-refractivity contribution in [2.75, 3.05) is 11.9 Å². The van der Waals surface area contributed by atoms with Crippen molar-refractivity contribution in [3.05, 3.63) is 46.6 Å². The van der Waals surface area contributed by atoms with Crippen LogP contribution in [-0.4, -0.2) is 22.5 Å². The van der Waals surface area contributed by atoms with Gasteiger partial charge in [0.2, 0.25) is 0 Å². The van der Waals surface area contributed by atoms with Crippen LogP contribution < -0.4 is 5.32 Å². The van der Waals surface area contributed by atoms with E-state index in [2.05, 4.69) is 15.3 Å². The molecule has 5 nitrogen and oxygen atoms in total. The number of esters is 1. The van der Waals surface area contributed by atoms with Crippen molar-refractivity contribution in [3.8, 4) is 0 Å². The molecule has 0 aliphatic heterocycles. The Balaban J connectivity index is 2.04. The molecule has 0 radical (unpaired) electrons. The van der Waals surface area contributed by atoms with E-state index in [1.54, 1.807) is 6.92 Å². The van der Waals surface area contributed by atoms with E-state index in [-0.39, 0.29) is 5.97 Å². The molecule has 0 amide bonds. The van der Waals surface area contributed by atoms with Gasteiger partial charge in [0.1, 0.15) is 21.9 Å². The fourth-order valence-electron chi connectivity index (χ4n) is 2.33. The largest absolute Gasteiger partial charge is 0.462 e. The van der Waals surface area contributed by atoms with E-state index < -0.39 is 0 Å². The standard InChI is InChI=1S/C17H17N3O2S/c1-4-22-17(21)14-11(3)13-15(18-9-19-16(13)23-14)20-12-7-5-10(2)6-8-12/h5-9H,4H2,1-3H3,(H,18,19,20). The Labute approximate surface area is 138 Å². The van der Waals surface area contributed by atoms with Crippen molar-refractivity contribution >= 4 is 39.0 Å². The Morgan fingerprint density at radius 1 is 1.22 bits per heavy atom. The second-order valence-electron chi connectivity index (χ2n) is 5.17. The van der Waals surface area contributed by atoms with E-state index in [4.69, 9.17) is 4.74 Å². The normalized spacial score (nSPS) is 10.7. The molecule has 0 fully saturated rings. The first-order chi connectivity index (χ1) is 11.1. The summed E-state index contributed by atoms with van der Waals surface area (Å²) in [5.74, 6) is 0.387. The highest BCUT2D eigenvalue weighted by Gasteiger charge is 2.20. The number of ether oxygens (including phenoxy) is 1. The van der Waals surface area contributed by atoms with Crippen LogP contribution in [0.5, 0.6) is 0 Å².